The molecule has 1 nitrogen and oxygen atoms in total. The summed E-state index contributed by atoms with van der Waals surface area (Å²) in [5.74, 6) is 0. The van der Waals surface area contributed by atoms with E-state index in [2.05, 4.69) is 280 Å². The Labute approximate surface area is 405 Å². The Kier molecular flexibility index (Phi) is 9.49. The number of fused-ring (bicyclic) bond motifs is 10. The second-order valence-electron chi connectivity index (χ2n) is 19.1. The van der Waals surface area contributed by atoms with Gasteiger partial charge in [0.15, 0.2) is 0 Å². The van der Waals surface area contributed by atoms with Crippen molar-refractivity contribution in [1.82, 2.24) is 0 Å². The molecule has 2 aliphatic rings. The Balaban J connectivity index is 1.07. The molecule has 0 N–H and O–H groups in total. The van der Waals surface area contributed by atoms with Gasteiger partial charge in [-0.2, -0.15) is 0 Å². The predicted octanol–water partition coefficient (Wildman–Crippen LogP) is 18.0. The van der Waals surface area contributed by atoms with Gasteiger partial charge in [-0.1, -0.05) is 244 Å². The number of anilines is 3. The fraction of sp³-hybridized carbons (Fsp3) is 0.0588. The lowest BCUT2D eigenvalue weighted by atomic mass is 9.55. The summed E-state index contributed by atoms with van der Waals surface area (Å²) in [4.78, 5) is 2.54. The quantitative estimate of drug-likeness (QED) is 0.154. The lowest BCUT2D eigenvalue weighted by molar-refractivity contribution is 0.563. The van der Waals surface area contributed by atoms with Crippen LogP contribution in [0, 0.1) is 0 Å². The number of benzene rings is 11. The van der Waals surface area contributed by atoms with Crippen molar-refractivity contribution in [2.75, 3.05) is 4.90 Å². The molecule has 13 rings (SSSR count). The van der Waals surface area contributed by atoms with Crippen molar-refractivity contribution in [1.29, 1.82) is 0 Å². The smallest absolute Gasteiger partial charge is 0.0720 e. The fourth-order valence-electron chi connectivity index (χ4n) is 12.1. The molecule has 11 aromatic carbocycles. The van der Waals surface area contributed by atoms with Gasteiger partial charge in [0.05, 0.1) is 16.8 Å². The zero-order valence-corrected chi connectivity index (χ0v) is 38.8. The molecule has 11 aromatic rings. The van der Waals surface area contributed by atoms with Gasteiger partial charge in [-0.05, 0) is 119 Å². The van der Waals surface area contributed by atoms with Gasteiger partial charge < -0.3 is 4.90 Å². The molecular formula is C68H49N. The largest absolute Gasteiger partial charge is 0.309 e. The molecule has 0 saturated heterocycles. The van der Waals surface area contributed by atoms with Gasteiger partial charge in [-0.25, -0.2) is 0 Å². The molecule has 0 aromatic heterocycles. The summed E-state index contributed by atoms with van der Waals surface area (Å²) in [7, 11) is 0. The minimum Gasteiger partial charge on any atom is -0.309 e. The Morgan fingerprint density at radius 1 is 0.275 bits per heavy atom. The predicted molar refractivity (Wildman–Crippen MR) is 290 cm³/mol. The van der Waals surface area contributed by atoms with Crippen LogP contribution in [0.5, 0.6) is 0 Å². The zero-order chi connectivity index (χ0) is 46.1. The summed E-state index contributed by atoms with van der Waals surface area (Å²) in [6, 6.07) is 96.9. The highest BCUT2D eigenvalue weighted by Gasteiger charge is 2.54. The highest BCUT2D eigenvalue weighted by molar-refractivity contribution is 6.02. The molecule has 1 spiro atoms. The monoisotopic (exact) mass is 879 g/mol. The summed E-state index contributed by atoms with van der Waals surface area (Å²) in [5, 5.41) is 2.49. The van der Waals surface area contributed by atoms with Crippen molar-refractivity contribution >= 4 is 27.8 Å². The molecule has 0 saturated carbocycles. The van der Waals surface area contributed by atoms with Crippen LogP contribution < -0.4 is 4.90 Å². The van der Waals surface area contributed by atoms with Gasteiger partial charge in [-0.3, -0.25) is 0 Å². The molecule has 326 valence electrons. The normalized spacial score (nSPS) is 13.6. The van der Waals surface area contributed by atoms with E-state index in [4.69, 9.17) is 0 Å². The van der Waals surface area contributed by atoms with Crippen molar-refractivity contribution < 1.29 is 0 Å². The summed E-state index contributed by atoms with van der Waals surface area (Å²) >= 11 is 0. The van der Waals surface area contributed by atoms with E-state index in [1.807, 2.05) is 0 Å². The van der Waals surface area contributed by atoms with E-state index in [-0.39, 0.29) is 5.41 Å². The van der Waals surface area contributed by atoms with E-state index in [9.17, 15) is 0 Å². The van der Waals surface area contributed by atoms with Crippen LogP contribution in [0.2, 0.25) is 0 Å². The molecule has 2 aliphatic carbocycles. The Morgan fingerprint density at radius 2 is 0.739 bits per heavy atom. The van der Waals surface area contributed by atoms with E-state index < -0.39 is 5.41 Å². The number of para-hydroxylation sites is 1. The molecule has 0 atom stereocenters. The average Bonchev–Trinajstić information content (AvgIpc) is 3.72. The summed E-state index contributed by atoms with van der Waals surface area (Å²) in [6.45, 7) is 4.79. The second-order valence-corrected chi connectivity index (χ2v) is 19.1. The van der Waals surface area contributed by atoms with E-state index in [1.165, 1.54) is 94.2 Å². The van der Waals surface area contributed by atoms with Gasteiger partial charge in [-0.15, -0.1) is 0 Å². The van der Waals surface area contributed by atoms with Crippen LogP contribution in [-0.4, -0.2) is 0 Å². The van der Waals surface area contributed by atoms with Crippen LogP contribution in [0.1, 0.15) is 47.2 Å². The third-order valence-corrected chi connectivity index (χ3v) is 15.2. The Morgan fingerprint density at radius 3 is 1.42 bits per heavy atom. The van der Waals surface area contributed by atoms with Gasteiger partial charge in [0.2, 0.25) is 0 Å². The van der Waals surface area contributed by atoms with Crippen LogP contribution in [0.15, 0.2) is 261 Å². The van der Waals surface area contributed by atoms with Crippen molar-refractivity contribution in [3.8, 4) is 55.6 Å². The standard InChI is InChI=1S/C68H49N/c1-67(2)59-32-15-17-34-61(59)68(62-35-18-16-33-60(62)67)58-31-14-12-30-57(58)66-63(68)36-20-38-65(66)69(51-43-41-47(42-44-51)50-40-39-46-21-6-7-24-49(46)45-50)64-37-19-13-29-56(64)55-28-11-10-27-54(55)53-26-9-8-25-52(53)48-22-4-3-5-23-48/h3-45H,1-2H3. The van der Waals surface area contributed by atoms with Crippen LogP contribution in [0.4, 0.5) is 17.1 Å². The maximum absolute atomic E-state index is 2.54. The second kappa shape index (κ2) is 16.1. The first-order valence-corrected chi connectivity index (χ1v) is 24.2. The van der Waals surface area contributed by atoms with Gasteiger partial charge in [0.1, 0.15) is 0 Å². The lowest BCUT2D eigenvalue weighted by Gasteiger charge is -2.46. The molecular weight excluding hydrogens is 831 g/mol. The fourth-order valence-corrected chi connectivity index (χ4v) is 12.1. The topological polar surface area (TPSA) is 3.24 Å². The SMILES string of the molecule is CC1(C)c2ccccc2C2(c3ccccc3-c3c(N(c4ccc(-c5ccc6ccccc6c5)cc4)c4ccccc4-c4ccccc4-c4ccccc4-c4ccccc4)cccc32)c2ccccc21. The van der Waals surface area contributed by atoms with Crippen LogP contribution in [-0.2, 0) is 10.8 Å². The van der Waals surface area contributed by atoms with Crippen molar-refractivity contribution in [2.24, 2.45) is 0 Å². The summed E-state index contributed by atoms with van der Waals surface area (Å²) < 4.78 is 0. The average molecular weight is 880 g/mol. The molecule has 0 heterocycles. The molecule has 0 unspecified atom stereocenters. The van der Waals surface area contributed by atoms with Crippen LogP contribution >= 0.6 is 0 Å². The van der Waals surface area contributed by atoms with Gasteiger partial charge in [0, 0.05) is 22.2 Å². The maximum atomic E-state index is 2.54. The molecule has 0 radical (unpaired) electrons. The van der Waals surface area contributed by atoms with Crippen molar-refractivity contribution in [2.45, 2.75) is 24.7 Å². The highest BCUT2D eigenvalue weighted by Crippen LogP contribution is 2.64. The summed E-state index contributed by atoms with van der Waals surface area (Å²) in [5.41, 5.74) is 22.8. The number of rotatable bonds is 7. The molecule has 0 fully saturated rings. The number of hydrogen-bond donors (Lipinski definition) is 0. The van der Waals surface area contributed by atoms with Gasteiger partial charge >= 0.3 is 0 Å². The molecule has 0 bridgehead atoms. The minimum atomic E-state index is -0.524. The summed E-state index contributed by atoms with van der Waals surface area (Å²) in [6.07, 6.45) is 0. The molecule has 1 heteroatoms. The van der Waals surface area contributed by atoms with E-state index >= 15 is 0 Å². The van der Waals surface area contributed by atoms with E-state index in [1.54, 1.807) is 0 Å². The lowest BCUT2D eigenvalue weighted by Crippen LogP contribution is -2.40. The molecule has 69 heavy (non-hydrogen) atoms. The van der Waals surface area contributed by atoms with Crippen LogP contribution in [0.25, 0.3) is 66.4 Å². The first-order valence-electron chi connectivity index (χ1n) is 24.2. The minimum absolute atomic E-state index is 0.183. The Bertz CT molecular complexity index is 3710. The molecule has 0 aliphatic heterocycles. The third kappa shape index (κ3) is 6.24. The number of hydrogen-bond acceptors (Lipinski definition) is 1. The van der Waals surface area contributed by atoms with Gasteiger partial charge in [0.25, 0.3) is 0 Å². The molecule has 0 amide bonds. The van der Waals surface area contributed by atoms with E-state index in [0.29, 0.717) is 0 Å². The van der Waals surface area contributed by atoms with Crippen molar-refractivity contribution in [3.63, 3.8) is 0 Å². The number of nitrogens with zero attached hydrogens (tertiary/aromatic N) is 1. The first kappa shape index (κ1) is 40.7. The van der Waals surface area contributed by atoms with Crippen molar-refractivity contribution in [3.05, 3.63) is 294 Å². The first-order chi connectivity index (χ1) is 34.0. The van der Waals surface area contributed by atoms with E-state index in [0.717, 1.165) is 22.6 Å². The Hall–Kier alpha value is -8.52. The van der Waals surface area contributed by atoms with Crippen LogP contribution in [0.3, 0.4) is 0 Å². The zero-order valence-electron chi connectivity index (χ0n) is 38.8. The third-order valence-electron chi connectivity index (χ3n) is 15.2. The highest BCUT2D eigenvalue weighted by atomic mass is 15.1. The maximum Gasteiger partial charge on any atom is 0.0720 e.